The first-order chi connectivity index (χ1) is 8.78. The van der Waals surface area contributed by atoms with Crippen molar-refractivity contribution in [3.05, 3.63) is 11.7 Å². The second-order valence-corrected chi connectivity index (χ2v) is 5.03. The number of carbonyl (C=O) groups is 1. The average Bonchev–Trinajstić information content (AvgIpc) is 2.93. The molecule has 0 radical (unpaired) electrons. The Morgan fingerprint density at radius 2 is 2.28 bits per heavy atom. The molecular formula is C12H18N4O2. The van der Waals surface area contributed by atoms with Crippen LogP contribution in [0.15, 0.2) is 4.52 Å². The van der Waals surface area contributed by atoms with Crippen LogP contribution in [-0.4, -0.2) is 40.7 Å². The maximum atomic E-state index is 11.7. The summed E-state index contributed by atoms with van der Waals surface area (Å²) in [6, 6.07) is 0.00547. The first kappa shape index (κ1) is 11.5. The molecule has 2 fully saturated rings. The van der Waals surface area contributed by atoms with Crippen molar-refractivity contribution in [2.45, 2.75) is 38.0 Å². The predicted octanol–water partition coefficient (Wildman–Crippen LogP) is 1.47. The largest absolute Gasteiger partial charge is 0.339 e. The molecule has 2 heterocycles. The first-order valence-corrected chi connectivity index (χ1v) is 6.64. The van der Waals surface area contributed by atoms with Crippen molar-refractivity contribution in [2.24, 2.45) is 0 Å². The summed E-state index contributed by atoms with van der Waals surface area (Å²) in [5.41, 5.74) is 0. The van der Waals surface area contributed by atoms with Crippen LogP contribution in [0, 0.1) is 0 Å². The molecule has 1 aromatic heterocycles. The molecule has 0 aromatic carbocycles. The minimum atomic E-state index is 0.00547. The molecule has 0 unspecified atom stereocenters. The summed E-state index contributed by atoms with van der Waals surface area (Å²) < 4.78 is 5.26. The number of aromatic nitrogens is 2. The van der Waals surface area contributed by atoms with Crippen LogP contribution in [0.1, 0.15) is 49.7 Å². The number of urea groups is 1. The van der Waals surface area contributed by atoms with Crippen molar-refractivity contribution in [3.8, 4) is 0 Å². The molecule has 2 amide bonds. The van der Waals surface area contributed by atoms with Gasteiger partial charge < -0.3 is 14.7 Å². The lowest BCUT2D eigenvalue weighted by molar-refractivity contribution is 0.208. The van der Waals surface area contributed by atoms with Crippen molar-refractivity contribution in [1.82, 2.24) is 20.4 Å². The van der Waals surface area contributed by atoms with Crippen molar-refractivity contribution in [2.75, 3.05) is 19.6 Å². The van der Waals surface area contributed by atoms with E-state index in [0.29, 0.717) is 19.0 Å². The minimum Gasteiger partial charge on any atom is -0.339 e. The Kier molecular flexibility index (Phi) is 2.93. The minimum absolute atomic E-state index is 0.00547. The van der Waals surface area contributed by atoms with Crippen LogP contribution in [0.2, 0.25) is 0 Å². The van der Waals surface area contributed by atoms with E-state index in [1.807, 2.05) is 11.8 Å². The van der Waals surface area contributed by atoms with Crippen LogP contribution >= 0.6 is 0 Å². The van der Waals surface area contributed by atoms with Gasteiger partial charge in [0.25, 0.3) is 0 Å². The summed E-state index contributed by atoms with van der Waals surface area (Å²) in [6.07, 6.45) is 3.25. The Balaban J connectivity index is 1.61. The van der Waals surface area contributed by atoms with Crippen LogP contribution in [0.5, 0.6) is 0 Å². The summed E-state index contributed by atoms with van der Waals surface area (Å²) >= 11 is 0. The fraction of sp³-hybridized carbons (Fsp3) is 0.750. The fourth-order valence-corrected chi connectivity index (χ4v) is 2.33. The number of hydrogen-bond donors (Lipinski definition) is 1. The third-order valence-electron chi connectivity index (χ3n) is 3.55. The van der Waals surface area contributed by atoms with E-state index in [9.17, 15) is 4.79 Å². The number of likely N-dealkylation sites (tertiary alicyclic amines) is 1. The number of hydrogen-bond acceptors (Lipinski definition) is 4. The topological polar surface area (TPSA) is 71.3 Å². The maximum absolute atomic E-state index is 11.7. The highest BCUT2D eigenvalue weighted by Crippen LogP contribution is 2.39. The van der Waals surface area contributed by atoms with Crippen molar-refractivity contribution < 1.29 is 9.32 Å². The monoisotopic (exact) mass is 250 g/mol. The van der Waals surface area contributed by atoms with Crippen LogP contribution in [-0.2, 0) is 0 Å². The predicted molar refractivity (Wildman–Crippen MR) is 64.3 cm³/mol. The Bertz CT molecular complexity index is 441. The molecule has 1 saturated heterocycles. The Hall–Kier alpha value is -1.59. The summed E-state index contributed by atoms with van der Waals surface area (Å²) in [4.78, 5) is 18.0. The van der Waals surface area contributed by atoms with Gasteiger partial charge in [0.1, 0.15) is 0 Å². The quantitative estimate of drug-likeness (QED) is 0.881. The van der Waals surface area contributed by atoms with E-state index in [1.54, 1.807) is 0 Å². The van der Waals surface area contributed by atoms with Crippen molar-refractivity contribution in [1.29, 1.82) is 0 Å². The molecule has 1 aliphatic carbocycles. The number of amides is 2. The van der Waals surface area contributed by atoms with Crippen LogP contribution < -0.4 is 5.32 Å². The highest BCUT2D eigenvalue weighted by molar-refractivity contribution is 5.74. The smallest absolute Gasteiger partial charge is 0.317 e. The normalized spacial score (nSPS) is 23.4. The molecule has 98 valence electrons. The number of carbonyl (C=O) groups excluding carboxylic acids is 1. The molecule has 1 aliphatic heterocycles. The molecule has 0 bridgehead atoms. The van der Waals surface area contributed by atoms with E-state index in [4.69, 9.17) is 4.52 Å². The Morgan fingerprint density at radius 3 is 3.00 bits per heavy atom. The highest BCUT2D eigenvalue weighted by Gasteiger charge is 2.33. The standard InChI is InChI=1S/C12H18N4O2/c1-2-13-12(17)16-6-5-9(7-16)10-14-11(18-15-10)8-3-4-8/h8-9H,2-7H2,1H3,(H,13,17)/t9-/m0/s1. The summed E-state index contributed by atoms with van der Waals surface area (Å²) in [7, 11) is 0. The van der Waals surface area contributed by atoms with Crippen LogP contribution in [0.3, 0.4) is 0 Å². The zero-order valence-electron chi connectivity index (χ0n) is 10.6. The molecule has 1 saturated carbocycles. The van der Waals surface area contributed by atoms with Gasteiger partial charge in [0.2, 0.25) is 5.89 Å². The van der Waals surface area contributed by atoms with E-state index in [-0.39, 0.29) is 11.9 Å². The van der Waals surface area contributed by atoms with E-state index in [2.05, 4.69) is 15.5 Å². The second kappa shape index (κ2) is 4.59. The van der Waals surface area contributed by atoms with Gasteiger partial charge in [0, 0.05) is 31.5 Å². The van der Waals surface area contributed by atoms with Gasteiger partial charge in [-0.2, -0.15) is 4.98 Å². The van der Waals surface area contributed by atoms with Crippen molar-refractivity contribution in [3.63, 3.8) is 0 Å². The fourth-order valence-electron chi connectivity index (χ4n) is 2.33. The first-order valence-electron chi connectivity index (χ1n) is 6.64. The molecule has 6 heteroatoms. The van der Waals surface area contributed by atoms with E-state index >= 15 is 0 Å². The lowest BCUT2D eigenvalue weighted by atomic mass is 10.1. The lowest BCUT2D eigenvalue weighted by Crippen LogP contribution is -2.38. The number of rotatable bonds is 3. The summed E-state index contributed by atoms with van der Waals surface area (Å²) in [5.74, 6) is 2.26. The van der Waals surface area contributed by atoms with Gasteiger partial charge >= 0.3 is 6.03 Å². The average molecular weight is 250 g/mol. The number of nitrogens with one attached hydrogen (secondary N) is 1. The molecule has 0 spiro atoms. The Morgan fingerprint density at radius 1 is 1.44 bits per heavy atom. The van der Waals surface area contributed by atoms with Crippen molar-refractivity contribution >= 4 is 6.03 Å². The molecule has 1 N–H and O–H groups in total. The third kappa shape index (κ3) is 2.19. The zero-order valence-corrected chi connectivity index (χ0v) is 10.6. The van der Waals surface area contributed by atoms with Gasteiger partial charge in [-0.1, -0.05) is 5.16 Å². The van der Waals surface area contributed by atoms with E-state index in [1.165, 1.54) is 0 Å². The van der Waals surface area contributed by atoms with Gasteiger partial charge in [0.15, 0.2) is 5.82 Å². The molecule has 6 nitrogen and oxygen atoms in total. The summed E-state index contributed by atoms with van der Waals surface area (Å²) in [5, 5.41) is 6.87. The molecule has 1 atom stereocenters. The molecule has 18 heavy (non-hydrogen) atoms. The zero-order chi connectivity index (χ0) is 12.5. The van der Waals surface area contributed by atoms with Crippen LogP contribution in [0.25, 0.3) is 0 Å². The third-order valence-corrected chi connectivity index (χ3v) is 3.55. The van der Waals surface area contributed by atoms with Gasteiger partial charge in [-0.15, -0.1) is 0 Å². The van der Waals surface area contributed by atoms with Gasteiger partial charge in [-0.05, 0) is 26.2 Å². The summed E-state index contributed by atoms with van der Waals surface area (Å²) in [6.45, 7) is 4.04. The number of nitrogens with zero attached hydrogens (tertiary/aromatic N) is 3. The van der Waals surface area contributed by atoms with E-state index < -0.39 is 0 Å². The highest BCUT2D eigenvalue weighted by atomic mass is 16.5. The molecule has 1 aromatic rings. The second-order valence-electron chi connectivity index (χ2n) is 5.03. The van der Waals surface area contributed by atoms with Gasteiger partial charge in [-0.3, -0.25) is 0 Å². The SMILES string of the molecule is CCNC(=O)N1CC[C@H](c2noc(C3CC3)n2)C1. The van der Waals surface area contributed by atoms with Crippen LogP contribution in [0.4, 0.5) is 4.79 Å². The van der Waals surface area contributed by atoms with Gasteiger partial charge in [0.05, 0.1) is 0 Å². The molecular weight excluding hydrogens is 232 g/mol. The molecule has 3 rings (SSSR count). The Labute approximate surface area is 106 Å². The van der Waals surface area contributed by atoms with E-state index in [0.717, 1.165) is 37.5 Å². The molecule has 2 aliphatic rings. The van der Waals surface area contributed by atoms with Gasteiger partial charge in [-0.25, -0.2) is 4.79 Å². The maximum Gasteiger partial charge on any atom is 0.317 e. The lowest BCUT2D eigenvalue weighted by Gasteiger charge is -2.15.